The highest BCUT2D eigenvalue weighted by Crippen LogP contribution is 2.30. The van der Waals surface area contributed by atoms with Gasteiger partial charge in [-0.1, -0.05) is 32.9 Å². The second kappa shape index (κ2) is 4.04. The molecule has 1 unspecified atom stereocenters. The molecular formula is C13H17NO3. The number of ether oxygens (including phenoxy) is 1. The third-order valence-electron chi connectivity index (χ3n) is 2.80. The van der Waals surface area contributed by atoms with E-state index in [1.165, 1.54) is 0 Å². The summed E-state index contributed by atoms with van der Waals surface area (Å²) in [5.41, 5.74) is 0.668. The minimum Gasteiger partial charge on any atom is -0.508 e. The van der Waals surface area contributed by atoms with Gasteiger partial charge in [0, 0.05) is 5.41 Å². The van der Waals surface area contributed by atoms with E-state index in [2.05, 4.69) is 5.32 Å². The number of rotatable bonds is 1. The largest absolute Gasteiger partial charge is 0.508 e. The van der Waals surface area contributed by atoms with E-state index < -0.39 is 6.04 Å². The first-order valence-corrected chi connectivity index (χ1v) is 5.63. The molecule has 1 saturated heterocycles. The van der Waals surface area contributed by atoms with Crippen LogP contribution in [0.15, 0.2) is 24.3 Å². The Balaban J connectivity index is 2.19. The number of esters is 1. The molecular weight excluding hydrogens is 218 g/mol. The van der Waals surface area contributed by atoms with Crippen LogP contribution in [0, 0.1) is 5.41 Å². The Hall–Kier alpha value is -1.55. The molecule has 0 saturated carbocycles. The van der Waals surface area contributed by atoms with Crippen LogP contribution < -0.4 is 5.32 Å². The van der Waals surface area contributed by atoms with Crippen molar-refractivity contribution in [2.75, 3.05) is 0 Å². The van der Waals surface area contributed by atoms with Crippen LogP contribution in [0.1, 0.15) is 32.4 Å². The molecule has 92 valence electrons. The number of cyclic esters (lactones) is 1. The molecule has 0 amide bonds. The molecule has 0 bridgehead atoms. The van der Waals surface area contributed by atoms with Gasteiger partial charge in [0.25, 0.3) is 0 Å². The predicted octanol–water partition coefficient (Wildman–Crippen LogP) is 1.95. The van der Waals surface area contributed by atoms with Crippen molar-refractivity contribution in [3.63, 3.8) is 0 Å². The van der Waals surface area contributed by atoms with Gasteiger partial charge in [-0.2, -0.15) is 0 Å². The van der Waals surface area contributed by atoms with Crippen LogP contribution in [0.25, 0.3) is 0 Å². The van der Waals surface area contributed by atoms with Crippen LogP contribution in [-0.4, -0.2) is 17.3 Å². The Morgan fingerprint density at radius 3 is 2.29 bits per heavy atom. The summed E-state index contributed by atoms with van der Waals surface area (Å²) in [5.74, 6) is -0.0805. The molecule has 4 nitrogen and oxygen atoms in total. The van der Waals surface area contributed by atoms with Crippen molar-refractivity contribution < 1.29 is 14.6 Å². The van der Waals surface area contributed by atoms with Gasteiger partial charge in [-0.3, -0.25) is 5.32 Å². The fourth-order valence-corrected chi connectivity index (χ4v) is 1.76. The molecule has 17 heavy (non-hydrogen) atoms. The van der Waals surface area contributed by atoms with Crippen LogP contribution in [0.5, 0.6) is 5.75 Å². The SMILES string of the molecule is CC(C)(C)[C@H]1NC(c2ccc(O)cc2)C(=O)O1. The van der Waals surface area contributed by atoms with E-state index in [9.17, 15) is 9.90 Å². The van der Waals surface area contributed by atoms with Gasteiger partial charge >= 0.3 is 5.97 Å². The van der Waals surface area contributed by atoms with Gasteiger partial charge in [0.05, 0.1) is 0 Å². The smallest absolute Gasteiger partial charge is 0.329 e. The normalized spacial score (nSPS) is 24.8. The second-order valence-corrected chi connectivity index (χ2v) is 5.37. The highest BCUT2D eigenvalue weighted by Gasteiger charge is 2.40. The first kappa shape index (κ1) is 11.9. The summed E-state index contributed by atoms with van der Waals surface area (Å²) >= 11 is 0. The van der Waals surface area contributed by atoms with Crippen molar-refractivity contribution >= 4 is 5.97 Å². The van der Waals surface area contributed by atoms with Crippen LogP contribution in [0.3, 0.4) is 0 Å². The maximum Gasteiger partial charge on any atom is 0.329 e. The molecule has 0 aromatic heterocycles. The standard InChI is InChI=1S/C13H17NO3/c1-13(2,3)12-14-10(11(16)17-12)8-4-6-9(15)7-5-8/h4-7,10,12,14-15H,1-3H3/t10?,12-/m0/s1. The number of nitrogens with one attached hydrogen (secondary N) is 1. The summed E-state index contributed by atoms with van der Waals surface area (Å²) in [6.07, 6.45) is -0.284. The number of carbonyl (C=O) groups is 1. The van der Waals surface area contributed by atoms with Gasteiger partial charge in [-0.05, 0) is 17.7 Å². The van der Waals surface area contributed by atoms with Crippen LogP contribution in [0.4, 0.5) is 0 Å². The van der Waals surface area contributed by atoms with Crippen LogP contribution in [0.2, 0.25) is 0 Å². The summed E-state index contributed by atoms with van der Waals surface area (Å²) < 4.78 is 5.31. The summed E-state index contributed by atoms with van der Waals surface area (Å²) in [6.45, 7) is 6.03. The Kier molecular flexibility index (Phi) is 2.83. The molecule has 4 heteroatoms. The Morgan fingerprint density at radius 1 is 1.24 bits per heavy atom. The zero-order valence-corrected chi connectivity index (χ0v) is 10.2. The van der Waals surface area contributed by atoms with E-state index in [1.807, 2.05) is 20.8 Å². The van der Waals surface area contributed by atoms with Crippen molar-refractivity contribution in [1.29, 1.82) is 0 Å². The predicted molar refractivity (Wildman–Crippen MR) is 63.3 cm³/mol. The number of carbonyl (C=O) groups excluding carboxylic acids is 1. The molecule has 0 spiro atoms. The molecule has 2 rings (SSSR count). The van der Waals surface area contributed by atoms with Crippen LogP contribution >= 0.6 is 0 Å². The van der Waals surface area contributed by atoms with Crippen molar-refractivity contribution in [1.82, 2.24) is 5.32 Å². The van der Waals surface area contributed by atoms with E-state index in [-0.39, 0.29) is 23.4 Å². The van der Waals surface area contributed by atoms with E-state index in [0.717, 1.165) is 5.56 Å². The summed E-state index contributed by atoms with van der Waals surface area (Å²) in [6, 6.07) is 6.13. The van der Waals surface area contributed by atoms with Crippen LogP contribution in [-0.2, 0) is 9.53 Å². The average molecular weight is 235 g/mol. The second-order valence-electron chi connectivity index (χ2n) is 5.37. The minimum absolute atomic E-state index is 0.138. The molecule has 0 radical (unpaired) electrons. The van der Waals surface area contributed by atoms with E-state index >= 15 is 0 Å². The lowest BCUT2D eigenvalue weighted by molar-refractivity contribution is -0.146. The van der Waals surface area contributed by atoms with Gasteiger partial charge in [0.15, 0.2) is 6.23 Å². The highest BCUT2D eigenvalue weighted by atomic mass is 16.6. The quantitative estimate of drug-likeness (QED) is 0.730. The van der Waals surface area contributed by atoms with Crippen molar-refractivity contribution in [2.24, 2.45) is 5.41 Å². The summed E-state index contributed by atoms with van der Waals surface area (Å²) in [7, 11) is 0. The molecule has 0 aliphatic carbocycles. The van der Waals surface area contributed by atoms with Gasteiger partial charge in [0.2, 0.25) is 0 Å². The summed E-state index contributed by atoms with van der Waals surface area (Å²) in [5, 5.41) is 12.4. The third-order valence-corrected chi connectivity index (χ3v) is 2.80. The Bertz CT molecular complexity index is 419. The monoisotopic (exact) mass is 235 g/mol. The number of hydrogen-bond acceptors (Lipinski definition) is 4. The Labute approximate surface area is 101 Å². The topological polar surface area (TPSA) is 58.6 Å². The number of benzene rings is 1. The molecule has 2 atom stereocenters. The molecule has 1 aromatic carbocycles. The average Bonchev–Trinajstić information content (AvgIpc) is 2.61. The molecule has 1 aromatic rings. The fourth-order valence-electron chi connectivity index (χ4n) is 1.76. The molecule has 1 heterocycles. The maximum atomic E-state index is 11.8. The first-order chi connectivity index (χ1) is 7.88. The first-order valence-electron chi connectivity index (χ1n) is 5.63. The molecule has 1 fully saturated rings. The fraction of sp³-hybridized carbons (Fsp3) is 0.462. The number of phenolic OH excluding ortho intramolecular Hbond substituents is 1. The lowest BCUT2D eigenvalue weighted by Gasteiger charge is -2.25. The van der Waals surface area contributed by atoms with Gasteiger partial charge in [-0.15, -0.1) is 0 Å². The lowest BCUT2D eigenvalue weighted by Crippen LogP contribution is -2.37. The third kappa shape index (κ3) is 2.42. The van der Waals surface area contributed by atoms with Crippen molar-refractivity contribution in [3.8, 4) is 5.75 Å². The van der Waals surface area contributed by atoms with Gasteiger partial charge in [0.1, 0.15) is 11.8 Å². The number of phenols is 1. The van der Waals surface area contributed by atoms with Crippen molar-refractivity contribution in [2.45, 2.75) is 33.0 Å². The lowest BCUT2D eigenvalue weighted by atomic mass is 9.94. The Morgan fingerprint density at radius 2 is 1.82 bits per heavy atom. The molecule has 1 aliphatic rings. The van der Waals surface area contributed by atoms with Crippen molar-refractivity contribution in [3.05, 3.63) is 29.8 Å². The number of aromatic hydroxyl groups is 1. The zero-order chi connectivity index (χ0) is 12.6. The zero-order valence-electron chi connectivity index (χ0n) is 10.2. The van der Waals surface area contributed by atoms with Gasteiger partial charge in [-0.25, -0.2) is 4.79 Å². The van der Waals surface area contributed by atoms with E-state index in [0.29, 0.717) is 0 Å². The minimum atomic E-state index is -0.445. The maximum absolute atomic E-state index is 11.8. The van der Waals surface area contributed by atoms with E-state index in [1.54, 1.807) is 24.3 Å². The number of hydrogen-bond donors (Lipinski definition) is 2. The van der Waals surface area contributed by atoms with Gasteiger partial charge < -0.3 is 9.84 Å². The molecule has 2 N–H and O–H groups in total. The summed E-state index contributed by atoms with van der Waals surface area (Å²) in [4.78, 5) is 11.8. The molecule has 1 aliphatic heterocycles. The van der Waals surface area contributed by atoms with E-state index in [4.69, 9.17) is 4.74 Å². The highest BCUT2D eigenvalue weighted by molar-refractivity contribution is 5.79.